The zero-order valence-electron chi connectivity index (χ0n) is 10.1. The molecule has 0 aliphatic rings. The summed E-state index contributed by atoms with van der Waals surface area (Å²) in [4.78, 5) is 4.45. The molecule has 0 saturated heterocycles. The molecular weight excluding hydrogens is 186 g/mol. The third-order valence-electron chi connectivity index (χ3n) is 2.09. The minimum atomic E-state index is 0.639. The van der Waals surface area contributed by atoms with Crippen LogP contribution in [0.25, 0.3) is 0 Å². The van der Waals surface area contributed by atoms with Crippen LogP contribution in [-0.4, -0.2) is 18.6 Å². The molecule has 0 aromatic carbocycles. The van der Waals surface area contributed by atoms with Gasteiger partial charge in [0.2, 0.25) is 0 Å². The van der Waals surface area contributed by atoms with Crippen LogP contribution in [0.3, 0.4) is 0 Å². The average molecular weight is 207 g/mol. The van der Waals surface area contributed by atoms with Gasteiger partial charge in [0.25, 0.3) is 0 Å². The van der Waals surface area contributed by atoms with Crippen molar-refractivity contribution in [1.82, 2.24) is 10.3 Å². The lowest BCUT2D eigenvalue weighted by Gasteiger charge is -2.10. The molecule has 0 aliphatic carbocycles. The first-order chi connectivity index (χ1) is 7.11. The summed E-state index contributed by atoms with van der Waals surface area (Å²) in [5.74, 6) is 1.62. The minimum absolute atomic E-state index is 0.639. The molecule has 1 aromatic rings. The third kappa shape index (κ3) is 4.30. The van der Waals surface area contributed by atoms with E-state index in [-0.39, 0.29) is 0 Å². The Morgan fingerprint density at radius 2 is 2.07 bits per heavy atom. The number of hydrogen-bond donors (Lipinski definition) is 2. The molecule has 3 heteroatoms. The van der Waals surface area contributed by atoms with E-state index in [9.17, 15) is 0 Å². The highest BCUT2D eigenvalue weighted by atomic mass is 15.0. The highest BCUT2D eigenvalue weighted by Gasteiger charge is 2.00. The van der Waals surface area contributed by atoms with Gasteiger partial charge in [-0.05, 0) is 37.6 Å². The third-order valence-corrected chi connectivity index (χ3v) is 2.09. The summed E-state index contributed by atoms with van der Waals surface area (Å²) in [6.07, 6.45) is 0. The Kier molecular flexibility index (Phi) is 4.56. The van der Waals surface area contributed by atoms with Crippen LogP contribution in [-0.2, 0) is 6.54 Å². The van der Waals surface area contributed by atoms with Crippen LogP contribution in [0.15, 0.2) is 12.1 Å². The van der Waals surface area contributed by atoms with Gasteiger partial charge < -0.3 is 10.6 Å². The number of pyridine rings is 1. The first-order valence-electron chi connectivity index (χ1n) is 5.48. The molecule has 0 unspecified atom stereocenters. The Labute approximate surface area is 92.3 Å². The van der Waals surface area contributed by atoms with Crippen molar-refractivity contribution in [3.8, 4) is 0 Å². The van der Waals surface area contributed by atoms with E-state index < -0.39 is 0 Å². The second kappa shape index (κ2) is 5.71. The Hall–Kier alpha value is -1.09. The Bertz CT molecular complexity index is 308. The second-order valence-electron chi connectivity index (χ2n) is 4.31. The smallest absolute Gasteiger partial charge is 0.126 e. The Morgan fingerprint density at radius 1 is 1.33 bits per heavy atom. The van der Waals surface area contributed by atoms with Crippen LogP contribution in [0, 0.1) is 12.8 Å². The summed E-state index contributed by atoms with van der Waals surface area (Å²) < 4.78 is 0. The maximum absolute atomic E-state index is 4.45. The van der Waals surface area contributed by atoms with Crippen LogP contribution in [0.1, 0.15) is 25.1 Å². The molecule has 1 heterocycles. The summed E-state index contributed by atoms with van der Waals surface area (Å²) in [5, 5.41) is 6.49. The van der Waals surface area contributed by atoms with Crippen molar-refractivity contribution < 1.29 is 0 Å². The molecule has 0 radical (unpaired) electrons. The van der Waals surface area contributed by atoms with Crippen molar-refractivity contribution in [2.75, 3.05) is 18.9 Å². The van der Waals surface area contributed by atoms with E-state index in [1.807, 2.05) is 14.0 Å². The average Bonchev–Trinajstić information content (AvgIpc) is 2.14. The van der Waals surface area contributed by atoms with E-state index in [1.54, 1.807) is 0 Å². The van der Waals surface area contributed by atoms with E-state index in [0.717, 1.165) is 24.6 Å². The monoisotopic (exact) mass is 207 g/mol. The predicted molar refractivity (Wildman–Crippen MR) is 65.1 cm³/mol. The van der Waals surface area contributed by atoms with Crippen molar-refractivity contribution in [3.63, 3.8) is 0 Å². The summed E-state index contributed by atoms with van der Waals surface area (Å²) in [7, 11) is 1.96. The fourth-order valence-electron chi connectivity index (χ4n) is 1.45. The SMILES string of the molecule is CNCc1cc(C)nc(NCC(C)C)c1. The van der Waals surface area contributed by atoms with Crippen molar-refractivity contribution in [3.05, 3.63) is 23.4 Å². The summed E-state index contributed by atoms with van der Waals surface area (Å²) in [6, 6.07) is 4.21. The molecule has 15 heavy (non-hydrogen) atoms. The number of aryl methyl sites for hydroxylation is 1. The van der Waals surface area contributed by atoms with Crippen LogP contribution < -0.4 is 10.6 Å². The minimum Gasteiger partial charge on any atom is -0.370 e. The predicted octanol–water partition coefficient (Wildman–Crippen LogP) is 2.18. The number of hydrogen-bond acceptors (Lipinski definition) is 3. The number of anilines is 1. The van der Waals surface area contributed by atoms with Gasteiger partial charge >= 0.3 is 0 Å². The summed E-state index contributed by atoms with van der Waals surface area (Å²) >= 11 is 0. The molecule has 1 rings (SSSR count). The van der Waals surface area contributed by atoms with E-state index in [4.69, 9.17) is 0 Å². The van der Waals surface area contributed by atoms with Gasteiger partial charge in [-0.1, -0.05) is 13.8 Å². The van der Waals surface area contributed by atoms with Crippen LogP contribution in [0.2, 0.25) is 0 Å². The van der Waals surface area contributed by atoms with E-state index >= 15 is 0 Å². The Balaban J connectivity index is 2.70. The first kappa shape index (κ1) is 12.0. The van der Waals surface area contributed by atoms with Crippen molar-refractivity contribution >= 4 is 5.82 Å². The van der Waals surface area contributed by atoms with Crippen LogP contribution >= 0.6 is 0 Å². The molecule has 0 atom stereocenters. The van der Waals surface area contributed by atoms with E-state index in [1.165, 1.54) is 5.56 Å². The Morgan fingerprint density at radius 3 is 2.67 bits per heavy atom. The molecule has 0 spiro atoms. The zero-order chi connectivity index (χ0) is 11.3. The quantitative estimate of drug-likeness (QED) is 0.777. The van der Waals surface area contributed by atoms with E-state index in [2.05, 4.69) is 41.6 Å². The van der Waals surface area contributed by atoms with Gasteiger partial charge in [0.1, 0.15) is 5.82 Å². The largest absolute Gasteiger partial charge is 0.370 e. The van der Waals surface area contributed by atoms with Gasteiger partial charge in [0.15, 0.2) is 0 Å². The standard InChI is InChI=1S/C12H21N3/c1-9(2)7-14-12-6-11(8-13-4)5-10(3)15-12/h5-6,9,13H,7-8H2,1-4H3,(H,14,15). The number of rotatable bonds is 5. The summed E-state index contributed by atoms with van der Waals surface area (Å²) in [6.45, 7) is 8.27. The van der Waals surface area contributed by atoms with Gasteiger partial charge in [-0.15, -0.1) is 0 Å². The number of nitrogens with zero attached hydrogens (tertiary/aromatic N) is 1. The highest BCUT2D eigenvalue weighted by Crippen LogP contribution is 2.10. The van der Waals surface area contributed by atoms with Gasteiger partial charge in [0.05, 0.1) is 0 Å². The molecule has 0 aliphatic heterocycles. The van der Waals surface area contributed by atoms with Crippen molar-refractivity contribution in [2.45, 2.75) is 27.3 Å². The zero-order valence-corrected chi connectivity index (χ0v) is 10.1. The fraction of sp³-hybridized carbons (Fsp3) is 0.583. The summed E-state index contributed by atoms with van der Waals surface area (Å²) in [5.41, 5.74) is 2.34. The second-order valence-corrected chi connectivity index (χ2v) is 4.31. The molecule has 0 saturated carbocycles. The molecular formula is C12H21N3. The van der Waals surface area contributed by atoms with Crippen molar-refractivity contribution in [1.29, 1.82) is 0 Å². The fourth-order valence-corrected chi connectivity index (χ4v) is 1.45. The highest BCUT2D eigenvalue weighted by molar-refractivity contribution is 5.39. The van der Waals surface area contributed by atoms with Gasteiger partial charge in [-0.3, -0.25) is 0 Å². The topological polar surface area (TPSA) is 37.0 Å². The van der Waals surface area contributed by atoms with Gasteiger partial charge in [-0.25, -0.2) is 4.98 Å². The maximum atomic E-state index is 4.45. The van der Waals surface area contributed by atoms with Crippen LogP contribution in [0.4, 0.5) is 5.82 Å². The lowest BCUT2D eigenvalue weighted by molar-refractivity contribution is 0.686. The lowest BCUT2D eigenvalue weighted by atomic mass is 10.2. The maximum Gasteiger partial charge on any atom is 0.126 e. The molecule has 0 bridgehead atoms. The number of aromatic nitrogens is 1. The molecule has 1 aromatic heterocycles. The lowest BCUT2D eigenvalue weighted by Crippen LogP contribution is -2.11. The molecule has 0 amide bonds. The molecule has 3 nitrogen and oxygen atoms in total. The molecule has 2 N–H and O–H groups in total. The molecule has 84 valence electrons. The molecule has 0 fully saturated rings. The number of nitrogens with one attached hydrogen (secondary N) is 2. The first-order valence-corrected chi connectivity index (χ1v) is 5.48. The van der Waals surface area contributed by atoms with Crippen LogP contribution in [0.5, 0.6) is 0 Å². The normalized spacial score (nSPS) is 10.7. The van der Waals surface area contributed by atoms with E-state index in [0.29, 0.717) is 5.92 Å². The van der Waals surface area contributed by atoms with Gasteiger partial charge in [-0.2, -0.15) is 0 Å². The van der Waals surface area contributed by atoms with Crippen molar-refractivity contribution in [2.24, 2.45) is 5.92 Å². The van der Waals surface area contributed by atoms with Gasteiger partial charge in [0, 0.05) is 18.8 Å².